The first-order chi connectivity index (χ1) is 11.3. The Morgan fingerprint density at radius 3 is 2.70 bits per heavy atom. The standard InChI is InChI=1S/C19H13N3S/c1-22-16-8-4-3-7-15(16)21-18(22)12-10-14-13-6-2-5-9-17(13)23-19(14)20-11-12/h2-11H,1H3. The van der Waals surface area contributed by atoms with Crippen LogP contribution in [0.3, 0.4) is 0 Å². The van der Waals surface area contributed by atoms with Gasteiger partial charge in [0.2, 0.25) is 0 Å². The fraction of sp³-hybridized carbons (Fsp3) is 0.0526. The van der Waals surface area contributed by atoms with Crippen molar-refractivity contribution in [1.29, 1.82) is 0 Å². The lowest BCUT2D eigenvalue weighted by molar-refractivity contribution is 0.958. The van der Waals surface area contributed by atoms with Crippen LogP contribution in [0.15, 0.2) is 60.8 Å². The molecule has 3 aromatic heterocycles. The molecule has 0 aliphatic rings. The molecule has 2 aromatic carbocycles. The fourth-order valence-electron chi connectivity index (χ4n) is 3.13. The molecule has 0 bridgehead atoms. The molecule has 0 fully saturated rings. The van der Waals surface area contributed by atoms with E-state index >= 15 is 0 Å². The summed E-state index contributed by atoms with van der Waals surface area (Å²) >= 11 is 1.74. The number of hydrogen-bond acceptors (Lipinski definition) is 3. The van der Waals surface area contributed by atoms with Crippen LogP contribution in [0.2, 0.25) is 0 Å². The zero-order chi connectivity index (χ0) is 15.4. The van der Waals surface area contributed by atoms with E-state index in [2.05, 4.69) is 53.0 Å². The molecule has 4 heteroatoms. The molecule has 5 rings (SSSR count). The van der Waals surface area contributed by atoms with Crippen LogP contribution in [0.25, 0.3) is 42.7 Å². The van der Waals surface area contributed by atoms with Gasteiger partial charge in [-0.2, -0.15) is 0 Å². The lowest BCUT2D eigenvalue weighted by Gasteiger charge is -2.02. The van der Waals surface area contributed by atoms with E-state index in [1.165, 1.54) is 15.5 Å². The Bertz CT molecular complexity index is 1180. The normalized spacial score (nSPS) is 11.7. The third kappa shape index (κ3) is 1.82. The maximum absolute atomic E-state index is 4.78. The van der Waals surface area contributed by atoms with E-state index in [-0.39, 0.29) is 0 Å². The first-order valence-corrected chi connectivity index (χ1v) is 8.32. The summed E-state index contributed by atoms with van der Waals surface area (Å²) in [5.41, 5.74) is 3.21. The van der Waals surface area contributed by atoms with Crippen molar-refractivity contribution in [2.45, 2.75) is 0 Å². The highest BCUT2D eigenvalue weighted by Gasteiger charge is 2.12. The largest absolute Gasteiger partial charge is 0.327 e. The van der Waals surface area contributed by atoms with E-state index in [1.54, 1.807) is 11.3 Å². The molecule has 0 atom stereocenters. The Morgan fingerprint density at radius 2 is 1.78 bits per heavy atom. The molecule has 0 radical (unpaired) electrons. The Labute approximate surface area is 136 Å². The van der Waals surface area contributed by atoms with Gasteiger partial charge in [0.05, 0.1) is 11.0 Å². The Hall–Kier alpha value is -2.72. The molecule has 3 nitrogen and oxygen atoms in total. The minimum Gasteiger partial charge on any atom is -0.327 e. The van der Waals surface area contributed by atoms with Gasteiger partial charge in [0.15, 0.2) is 0 Å². The number of aryl methyl sites for hydroxylation is 1. The van der Waals surface area contributed by atoms with E-state index in [0.29, 0.717) is 0 Å². The van der Waals surface area contributed by atoms with Crippen LogP contribution in [0.5, 0.6) is 0 Å². The monoisotopic (exact) mass is 315 g/mol. The fourth-order valence-corrected chi connectivity index (χ4v) is 4.16. The van der Waals surface area contributed by atoms with Gasteiger partial charge in [-0.3, -0.25) is 0 Å². The first-order valence-electron chi connectivity index (χ1n) is 7.50. The molecular formula is C19H13N3S. The summed E-state index contributed by atoms with van der Waals surface area (Å²) in [6, 6.07) is 18.9. The van der Waals surface area contributed by atoms with Gasteiger partial charge in [-0.25, -0.2) is 9.97 Å². The number of pyridine rings is 1. The van der Waals surface area contributed by atoms with Crippen LogP contribution in [-0.4, -0.2) is 14.5 Å². The minimum absolute atomic E-state index is 0.955. The van der Waals surface area contributed by atoms with Crippen molar-refractivity contribution in [3.05, 3.63) is 60.8 Å². The van der Waals surface area contributed by atoms with Crippen LogP contribution >= 0.6 is 11.3 Å². The minimum atomic E-state index is 0.955. The highest BCUT2D eigenvalue weighted by Crippen LogP contribution is 2.34. The van der Waals surface area contributed by atoms with Gasteiger partial charge in [0.1, 0.15) is 10.7 Å². The summed E-state index contributed by atoms with van der Waals surface area (Å²) in [7, 11) is 2.06. The molecule has 0 N–H and O–H groups in total. The van der Waals surface area contributed by atoms with Gasteiger partial charge in [0.25, 0.3) is 0 Å². The van der Waals surface area contributed by atoms with Gasteiger partial charge < -0.3 is 4.57 Å². The second-order valence-corrected chi connectivity index (χ2v) is 6.69. The third-order valence-electron chi connectivity index (χ3n) is 4.28. The summed E-state index contributed by atoms with van der Waals surface area (Å²) in [5, 5.41) is 2.47. The van der Waals surface area contributed by atoms with E-state index < -0.39 is 0 Å². The smallest absolute Gasteiger partial charge is 0.142 e. The molecule has 0 amide bonds. The van der Waals surface area contributed by atoms with Gasteiger partial charge in [-0.1, -0.05) is 30.3 Å². The number of imidazole rings is 1. The highest BCUT2D eigenvalue weighted by atomic mass is 32.1. The van der Waals surface area contributed by atoms with Crippen molar-refractivity contribution >= 4 is 42.7 Å². The van der Waals surface area contributed by atoms with Crippen LogP contribution in [0, 0.1) is 0 Å². The number of aromatic nitrogens is 3. The van der Waals surface area contributed by atoms with Crippen molar-refractivity contribution in [2.75, 3.05) is 0 Å². The maximum Gasteiger partial charge on any atom is 0.142 e. The summed E-state index contributed by atoms with van der Waals surface area (Å²) in [4.78, 5) is 10.5. The van der Waals surface area contributed by atoms with E-state index in [1.807, 2.05) is 24.4 Å². The molecular weight excluding hydrogens is 302 g/mol. The predicted molar refractivity (Wildman–Crippen MR) is 96.8 cm³/mol. The van der Waals surface area contributed by atoms with Crippen molar-refractivity contribution in [3.63, 3.8) is 0 Å². The van der Waals surface area contributed by atoms with E-state index in [9.17, 15) is 0 Å². The molecule has 0 aliphatic heterocycles. The molecule has 110 valence electrons. The average molecular weight is 315 g/mol. The number of thiophene rings is 1. The highest BCUT2D eigenvalue weighted by molar-refractivity contribution is 7.25. The van der Waals surface area contributed by atoms with Crippen LogP contribution in [-0.2, 0) is 7.05 Å². The summed E-state index contributed by atoms with van der Waals surface area (Å²) < 4.78 is 3.41. The SMILES string of the molecule is Cn1c(-c2cnc3sc4ccccc4c3c2)nc2ccccc21. The molecule has 0 saturated carbocycles. The van der Waals surface area contributed by atoms with Crippen molar-refractivity contribution in [2.24, 2.45) is 7.05 Å². The van der Waals surface area contributed by atoms with Gasteiger partial charge >= 0.3 is 0 Å². The van der Waals surface area contributed by atoms with Gasteiger partial charge in [0, 0.05) is 34.3 Å². The second kappa shape index (κ2) is 4.64. The number of nitrogens with zero attached hydrogens (tertiary/aromatic N) is 3. The Balaban J connectivity index is 1.81. The first kappa shape index (κ1) is 12.8. The van der Waals surface area contributed by atoms with E-state index in [0.717, 1.165) is 27.3 Å². The summed E-state index contributed by atoms with van der Waals surface area (Å²) in [5.74, 6) is 0.955. The number of benzene rings is 2. The Morgan fingerprint density at radius 1 is 0.957 bits per heavy atom. The predicted octanol–water partition coefficient (Wildman–Crippen LogP) is 5.00. The molecule has 3 heterocycles. The van der Waals surface area contributed by atoms with Crippen molar-refractivity contribution < 1.29 is 0 Å². The molecule has 0 spiro atoms. The quantitative estimate of drug-likeness (QED) is 0.435. The number of para-hydroxylation sites is 2. The summed E-state index contributed by atoms with van der Waals surface area (Å²) in [6.45, 7) is 0. The molecule has 23 heavy (non-hydrogen) atoms. The molecule has 0 aliphatic carbocycles. The second-order valence-electron chi connectivity index (χ2n) is 5.66. The number of hydrogen-bond donors (Lipinski definition) is 0. The topological polar surface area (TPSA) is 30.7 Å². The van der Waals surface area contributed by atoms with Gasteiger partial charge in [-0.15, -0.1) is 11.3 Å². The molecule has 0 unspecified atom stereocenters. The maximum atomic E-state index is 4.78. The van der Waals surface area contributed by atoms with Crippen LogP contribution in [0.4, 0.5) is 0 Å². The zero-order valence-corrected chi connectivity index (χ0v) is 13.3. The van der Waals surface area contributed by atoms with Crippen LogP contribution in [0.1, 0.15) is 0 Å². The van der Waals surface area contributed by atoms with Crippen molar-refractivity contribution in [3.8, 4) is 11.4 Å². The third-order valence-corrected chi connectivity index (χ3v) is 5.37. The van der Waals surface area contributed by atoms with Crippen LogP contribution < -0.4 is 0 Å². The lowest BCUT2D eigenvalue weighted by atomic mass is 10.1. The number of rotatable bonds is 1. The lowest BCUT2D eigenvalue weighted by Crippen LogP contribution is -1.92. The molecule has 0 saturated heterocycles. The zero-order valence-electron chi connectivity index (χ0n) is 12.5. The average Bonchev–Trinajstić information content (AvgIpc) is 3.13. The van der Waals surface area contributed by atoms with E-state index in [4.69, 9.17) is 4.98 Å². The number of fused-ring (bicyclic) bond motifs is 4. The summed E-state index contributed by atoms with van der Waals surface area (Å²) in [6.07, 6.45) is 1.93. The van der Waals surface area contributed by atoms with Gasteiger partial charge in [-0.05, 0) is 24.3 Å². The van der Waals surface area contributed by atoms with Crippen molar-refractivity contribution in [1.82, 2.24) is 14.5 Å². The molecule has 5 aromatic rings. The Kier molecular flexibility index (Phi) is 2.58.